The normalized spacial score (nSPS) is 19.4. The second-order valence-corrected chi connectivity index (χ2v) is 7.52. The van der Waals surface area contributed by atoms with Gasteiger partial charge in [0.25, 0.3) is 0 Å². The molecule has 1 unspecified atom stereocenters. The van der Waals surface area contributed by atoms with Crippen molar-refractivity contribution in [2.24, 2.45) is 5.10 Å². The molecule has 1 atom stereocenters. The van der Waals surface area contributed by atoms with Gasteiger partial charge in [-0.3, -0.25) is 0 Å². The van der Waals surface area contributed by atoms with Crippen LogP contribution in [0.2, 0.25) is 0 Å². The lowest BCUT2D eigenvalue weighted by molar-refractivity contribution is 0.317. The number of hydrogen-bond acceptors (Lipinski definition) is 5. The molecule has 0 radical (unpaired) electrons. The number of hydrogen-bond donors (Lipinski definition) is 0. The summed E-state index contributed by atoms with van der Waals surface area (Å²) in [6.07, 6.45) is 1.69. The molecule has 0 bridgehead atoms. The van der Waals surface area contributed by atoms with Crippen molar-refractivity contribution in [3.05, 3.63) is 46.0 Å². The van der Waals surface area contributed by atoms with Crippen molar-refractivity contribution in [1.29, 1.82) is 0 Å². The Morgan fingerprint density at radius 1 is 1.40 bits per heavy atom. The lowest BCUT2D eigenvalue weighted by atomic mass is 10.1. The lowest BCUT2D eigenvalue weighted by Gasteiger charge is -2.18. The molecule has 106 valence electrons. The molecule has 3 heterocycles. The Bertz CT molecular complexity index is 744. The maximum Gasteiger partial charge on any atom is 0.247 e. The number of furan rings is 1. The summed E-state index contributed by atoms with van der Waals surface area (Å²) in [6.45, 7) is 1.84. The third kappa shape index (κ3) is 2.38. The molecule has 2 aromatic heterocycles. The second-order valence-electron chi connectivity index (χ2n) is 4.73. The van der Waals surface area contributed by atoms with E-state index in [4.69, 9.17) is 4.42 Å². The molecule has 5 nitrogen and oxygen atoms in total. The van der Waals surface area contributed by atoms with E-state index in [2.05, 4.69) is 5.10 Å². The van der Waals surface area contributed by atoms with Gasteiger partial charge in [-0.25, -0.2) is 8.42 Å². The van der Waals surface area contributed by atoms with Gasteiger partial charge in [0.05, 0.1) is 16.8 Å². The van der Waals surface area contributed by atoms with Gasteiger partial charge in [-0.05, 0) is 30.5 Å². The molecule has 0 aromatic carbocycles. The number of rotatable bonds is 3. The summed E-state index contributed by atoms with van der Waals surface area (Å²) in [5, 5.41) is 6.23. The Labute approximate surface area is 121 Å². The van der Waals surface area contributed by atoms with E-state index in [0.29, 0.717) is 12.2 Å². The van der Waals surface area contributed by atoms with Crippen LogP contribution < -0.4 is 0 Å². The average molecular weight is 310 g/mol. The van der Waals surface area contributed by atoms with E-state index >= 15 is 0 Å². The zero-order valence-corrected chi connectivity index (χ0v) is 12.7. The van der Waals surface area contributed by atoms with E-state index in [-0.39, 0.29) is 0 Å². The van der Waals surface area contributed by atoms with Crippen LogP contribution in [0.3, 0.4) is 0 Å². The maximum absolute atomic E-state index is 11.9. The quantitative estimate of drug-likeness (QED) is 0.875. The van der Waals surface area contributed by atoms with Crippen molar-refractivity contribution in [3.8, 4) is 0 Å². The Balaban J connectivity index is 2.00. The van der Waals surface area contributed by atoms with E-state index < -0.39 is 16.1 Å². The van der Waals surface area contributed by atoms with Gasteiger partial charge >= 0.3 is 0 Å². The molecule has 0 amide bonds. The first kappa shape index (κ1) is 13.4. The topological polar surface area (TPSA) is 62.9 Å². The standard InChI is InChI=1S/C13H14N2O3S2/c1-9-5-6-12(18-9)11-8-10(13-4-3-7-19-13)14-15(11)20(2,16)17/h3-7,11H,8H2,1-2H3. The molecule has 20 heavy (non-hydrogen) atoms. The zero-order chi connectivity index (χ0) is 14.3. The molecule has 1 aliphatic heterocycles. The van der Waals surface area contributed by atoms with Crippen LogP contribution in [0.4, 0.5) is 0 Å². The first-order valence-corrected chi connectivity index (χ1v) is 8.85. The minimum Gasteiger partial charge on any atom is -0.464 e. The summed E-state index contributed by atoms with van der Waals surface area (Å²) in [5.41, 5.74) is 0.782. The van der Waals surface area contributed by atoms with Gasteiger partial charge in [-0.15, -0.1) is 11.3 Å². The Morgan fingerprint density at radius 3 is 2.75 bits per heavy atom. The molecule has 7 heteroatoms. The molecule has 0 spiro atoms. The number of sulfonamides is 1. The van der Waals surface area contributed by atoms with Crippen LogP contribution >= 0.6 is 11.3 Å². The van der Waals surface area contributed by atoms with E-state index in [1.807, 2.05) is 36.6 Å². The van der Waals surface area contributed by atoms with Crippen LogP contribution in [-0.4, -0.2) is 24.8 Å². The molecule has 2 aromatic rings. The minimum absolute atomic E-state index is 0.393. The van der Waals surface area contributed by atoms with Gasteiger partial charge in [-0.1, -0.05) is 6.07 Å². The van der Waals surface area contributed by atoms with Crippen LogP contribution in [0.1, 0.15) is 28.9 Å². The Kier molecular flexibility index (Phi) is 3.18. The number of nitrogens with zero attached hydrogens (tertiary/aromatic N) is 2. The molecular formula is C13H14N2O3S2. The predicted octanol–water partition coefficient (Wildman–Crippen LogP) is 2.76. The highest BCUT2D eigenvalue weighted by molar-refractivity contribution is 7.88. The van der Waals surface area contributed by atoms with Crippen molar-refractivity contribution < 1.29 is 12.8 Å². The first-order chi connectivity index (χ1) is 9.45. The highest BCUT2D eigenvalue weighted by atomic mass is 32.2. The van der Waals surface area contributed by atoms with E-state index in [1.165, 1.54) is 0 Å². The molecule has 3 rings (SSSR count). The van der Waals surface area contributed by atoms with E-state index in [1.54, 1.807) is 11.3 Å². The van der Waals surface area contributed by atoms with Crippen molar-refractivity contribution in [2.45, 2.75) is 19.4 Å². The highest BCUT2D eigenvalue weighted by Gasteiger charge is 2.36. The Hall–Kier alpha value is -1.60. The molecule has 1 aliphatic rings. The molecule has 0 saturated heterocycles. The fraction of sp³-hybridized carbons (Fsp3) is 0.308. The first-order valence-electron chi connectivity index (χ1n) is 6.12. The fourth-order valence-corrected chi connectivity index (χ4v) is 3.84. The molecular weight excluding hydrogens is 296 g/mol. The minimum atomic E-state index is -3.42. The Morgan fingerprint density at radius 2 is 2.20 bits per heavy atom. The van der Waals surface area contributed by atoms with E-state index in [9.17, 15) is 8.42 Å². The highest BCUT2D eigenvalue weighted by Crippen LogP contribution is 2.36. The maximum atomic E-state index is 11.9. The number of hydrazone groups is 1. The second kappa shape index (κ2) is 4.75. The van der Waals surface area contributed by atoms with Crippen molar-refractivity contribution >= 4 is 27.1 Å². The molecule has 0 N–H and O–H groups in total. The summed E-state index contributed by atoms with van der Waals surface area (Å²) in [4.78, 5) is 0.990. The average Bonchev–Trinajstić information content (AvgIpc) is 3.06. The van der Waals surface area contributed by atoms with Gasteiger partial charge in [0.15, 0.2) is 0 Å². The van der Waals surface area contributed by atoms with Crippen molar-refractivity contribution in [1.82, 2.24) is 4.41 Å². The monoisotopic (exact) mass is 310 g/mol. The smallest absolute Gasteiger partial charge is 0.247 e. The van der Waals surface area contributed by atoms with Crippen LogP contribution in [0.25, 0.3) is 0 Å². The summed E-state index contributed by atoms with van der Waals surface area (Å²) in [7, 11) is -3.42. The van der Waals surface area contributed by atoms with Crippen LogP contribution in [0.15, 0.2) is 39.2 Å². The summed E-state index contributed by atoms with van der Waals surface area (Å²) >= 11 is 1.55. The summed E-state index contributed by atoms with van der Waals surface area (Å²) in [5.74, 6) is 1.39. The van der Waals surface area contributed by atoms with Gasteiger partial charge in [0.1, 0.15) is 17.6 Å². The summed E-state index contributed by atoms with van der Waals surface area (Å²) < 4.78 is 30.6. The van der Waals surface area contributed by atoms with Crippen LogP contribution in [0.5, 0.6) is 0 Å². The third-order valence-corrected chi connectivity index (χ3v) is 5.04. The van der Waals surface area contributed by atoms with E-state index in [0.717, 1.165) is 27.0 Å². The van der Waals surface area contributed by atoms with Crippen LogP contribution in [0, 0.1) is 6.92 Å². The fourth-order valence-electron chi connectivity index (χ4n) is 2.23. The van der Waals surface area contributed by atoms with Crippen molar-refractivity contribution in [3.63, 3.8) is 0 Å². The van der Waals surface area contributed by atoms with Gasteiger partial charge in [0, 0.05) is 6.42 Å². The molecule has 0 fully saturated rings. The lowest BCUT2D eigenvalue weighted by Crippen LogP contribution is -2.25. The number of thiophene rings is 1. The summed E-state index contributed by atoms with van der Waals surface area (Å²) in [6, 6.07) is 7.12. The van der Waals surface area contributed by atoms with Crippen LogP contribution in [-0.2, 0) is 10.0 Å². The molecule has 0 saturated carbocycles. The van der Waals surface area contributed by atoms with Gasteiger partial charge in [-0.2, -0.15) is 9.52 Å². The van der Waals surface area contributed by atoms with Gasteiger partial charge < -0.3 is 4.42 Å². The third-order valence-electron chi connectivity index (χ3n) is 3.11. The SMILES string of the molecule is Cc1ccc(C2CC(c3cccs3)=NN2S(C)(=O)=O)o1. The van der Waals surface area contributed by atoms with Crippen molar-refractivity contribution in [2.75, 3.05) is 6.26 Å². The largest absolute Gasteiger partial charge is 0.464 e. The number of aryl methyl sites for hydroxylation is 1. The molecule has 0 aliphatic carbocycles. The zero-order valence-electron chi connectivity index (χ0n) is 11.1. The van der Waals surface area contributed by atoms with Gasteiger partial charge in [0.2, 0.25) is 10.0 Å². The predicted molar refractivity (Wildman–Crippen MR) is 78.3 cm³/mol.